The molecule has 0 N–H and O–H groups in total. The molecule has 2 aliphatic heterocycles. The van der Waals surface area contributed by atoms with Crippen LogP contribution in [0.5, 0.6) is 0 Å². The summed E-state index contributed by atoms with van der Waals surface area (Å²) in [5.41, 5.74) is 3.23. The minimum Gasteiger partial charge on any atom is -0.456 e. The van der Waals surface area contributed by atoms with Gasteiger partial charge in [0.25, 0.3) is 0 Å². The summed E-state index contributed by atoms with van der Waals surface area (Å²) in [6, 6.07) is 16.8. The van der Waals surface area contributed by atoms with Crippen molar-refractivity contribution < 1.29 is 4.42 Å². The highest BCUT2D eigenvalue weighted by Gasteiger charge is 2.30. The number of amidine groups is 2. The van der Waals surface area contributed by atoms with Gasteiger partial charge in [0.15, 0.2) is 5.17 Å². The van der Waals surface area contributed by atoms with E-state index in [0.29, 0.717) is 0 Å². The fourth-order valence-corrected chi connectivity index (χ4v) is 4.79. The number of furan rings is 1. The molecule has 5 heteroatoms. The molecule has 0 saturated carbocycles. The van der Waals surface area contributed by atoms with Gasteiger partial charge in [0.2, 0.25) is 0 Å². The highest BCUT2D eigenvalue weighted by Crippen LogP contribution is 2.38. The topological polar surface area (TPSA) is 41.1 Å². The van der Waals surface area contributed by atoms with Gasteiger partial charge in [-0.05, 0) is 37.1 Å². The zero-order valence-corrected chi connectivity index (χ0v) is 16.8. The molecule has 0 radical (unpaired) electrons. The number of aliphatic imine (C=N–C) groups is 2. The van der Waals surface area contributed by atoms with Crippen molar-refractivity contribution in [3.63, 3.8) is 0 Å². The monoisotopic (exact) mass is 389 g/mol. The Balaban J connectivity index is 1.55. The standard InChI is InChI=1S/C23H23N3OS/c1-2-3-11-25-23-26-13-6-12-24-22(26)18-10-9-17(15-21(18)28-23)20-14-16-7-4-5-8-19(16)27-20/h4-5,7-10,14-15H,2-3,6,11-13H2,1H3. The quantitative estimate of drug-likeness (QED) is 0.528. The molecule has 0 amide bonds. The highest BCUT2D eigenvalue weighted by molar-refractivity contribution is 8.14. The fraction of sp³-hybridized carbons (Fsp3) is 0.304. The van der Waals surface area contributed by atoms with Crippen LogP contribution in [0.15, 0.2) is 67.8 Å². The number of unbranched alkanes of at least 4 members (excludes halogenated alkanes) is 1. The van der Waals surface area contributed by atoms with Crippen LogP contribution in [0.4, 0.5) is 0 Å². The van der Waals surface area contributed by atoms with Gasteiger partial charge in [0.05, 0.1) is 0 Å². The summed E-state index contributed by atoms with van der Waals surface area (Å²) in [5, 5.41) is 2.22. The Morgan fingerprint density at radius 3 is 3.00 bits per heavy atom. The lowest BCUT2D eigenvalue weighted by molar-refractivity contribution is 0.551. The van der Waals surface area contributed by atoms with E-state index in [1.807, 2.05) is 18.2 Å². The van der Waals surface area contributed by atoms with Crippen LogP contribution in [0, 0.1) is 0 Å². The molecule has 0 saturated heterocycles. The maximum absolute atomic E-state index is 6.08. The first-order valence-corrected chi connectivity index (χ1v) is 10.8. The minimum atomic E-state index is 0.876. The van der Waals surface area contributed by atoms with E-state index in [9.17, 15) is 0 Å². The number of thioether (sulfide) groups is 1. The van der Waals surface area contributed by atoms with Crippen molar-refractivity contribution in [1.29, 1.82) is 0 Å². The molecule has 1 aromatic heterocycles. The van der Waals surface area contributed by atoms with E-state index in [-0.39, 0.29) is 0 Å². The molecular formula is C23H23N3OS. The highest BCUT2D eigenvalue weighted by atomic mass is 32.2. The van der Waals surface area contributed by atoms with Crippen LogP contribution in [0.2, 0.25) is 0 Å². The normalized spacial score (nSPS) is 17.5. The summed E-state index contributed by atoms with van der Waals surface area (Å²) < 4.78 is 6.08. The summed E-state index contributed by atoms with van der Waals surface area (Å²) in [5.74, 6) is 1.98. The molecule has 142 valence electrons. The molecule has 0 bridgehead atoms. The average molecular weight is 390 g/mol. The van der Waals surface area contributed by atoms with Gasteiger partial charge >= 0.3 is 0 Å². The Labute approximate surface area is 169 Å². The Hall–Kier alpha value is -2.53. The van der Waals surface area contributed by atoms with Crippen LogP contribution < -0.4 is 0 Å². The first-order valence-electron chi connectivity index (χ1n) is 10.0. The first-order chi connectivity index (χ1) is 13.8. The van der Waals surface area contributed by atoms with Gasteiger partial charge in [-0.15, -0.1) is 0 Å². The molecule has 4 nitrogen and oxygen atoms in total. The van der Waals surface area contributed by atoms with Crippen LogP contribution in [0.1, 0.15) is 31.7 Å². The molecule has 3 aromatic rings. The average Bonchev–Trinajstić information content (AvgIpc) is 3.18. The zero-order valence-electron chi connectivity index (χ0n) is 16.0. The SMILES string of the molecule is CCCCN=C1Sc2cc(-c3cc4ccccc4o3)ccc2C2=NCCCN12. The van der Waals surface area contributed by atoms with E-state index in [4.69, 9.17) is 14.4 Å². The second-order valence-corrected chi connectivity index (χ2v) is 8.20. The van der Waals surface area contributed by atoms with Gasteiger partial charge < -0.3 is 9.32 Å². The number of nitrogens with zero attached hydrogens (tertiary/aromatic N) is 3. The van der Waals surface area contributed by atoms with Crippen LogP contribution >= 0.6 is 11.8 Å². The molecular weight excluding hydrogens is 366 g/mol. The van der Waals surface area contributed by atoms with Gasteiger partial charge in [-0.2, -0.15) is 0 Å². The number of hydrogen-bond acceptors (Lipinski definition) is 4. The smallest absolute Gasteiger partial charge is 0.169 e. The van der Waals surface area contributed by atoms with Gasteiger partial charge in [0, 0.05) is 41.0 Å². The van der Waals surface area contributed by atoms with Crippen LogP contribution in [-0.4, -0.2) is 35.5 Å². The van der Waals surface area contributed by atoms with E-state index < -0.39 is 0 Å². The summed E-state index contributed by atoms with van der Waals surface area (Å²) in [4.78, 5) is 13.2. The molecule has 0 atom stereocenters. The molecule has 0 spiro atoms. The third-order valence-corrected chi connectivity index (χ3v) is 6.27. The lowest BCUT2D eigenvalue weighted by Crippen LogP contribution is -2.42. The zero-order chi connectivity index (χ0) is 18.9. The van der Waals surface area contributed by atoms with Crippen molar-refractivity contribution in [3.8, 4) is 11.3 Å². The maximum Gasteiger partial charge on any atom is 0.169 e. The second-order valence-electron chi connectivity index (χ2n) is 7.19. The van der Waals surface area contributed by atoms with Crippen molar-refractivity contribution in [2.75, 3.05) is 19.6 Å². The van der Waals surface area contributed by atoms with Gasteiger partial charge in [0.1, 0.15) is 17.2 Å². The lowest BCUT2D eigenvalue weighted by atomic mass is 10.1. The lowest BCUT2D eigenvalue weighted by Gasteiger charge is -2.35. The Kier molecular flexibility index (Phi) is 4.69. The summed E-state index contributed by atoms with van der Waals surface area (Å²) in [6.07, 6.45) is 3.37. The predicted molar refractivity (Wildman–Crippen MR) is 117 cm³/mol. The van der Waals surface area contributed by atoms with E-state index in [2.05, 4.69) is 42.2 Å². The molecule has 0 fully saturated rings. The molecule has 2 aliphatic rings. The molecule has 28 heavy (non-hydrogen) atoms. The molecule has 2 aromatic carbocycles. The van der Waals surface area contributed by atoms with Crippen molar-refractivity contribution in [2.24, 2.45) is 9.98 Å². The van der Waals surface area contributed by atoms with Crippen molar-refractivity contribution in [1.82, 2.24) is 4.90 Å². The number of fused-ring (bicyclic) bond motifs is 4. The summed E-state index contributed by atoms with van der Waals surface area (Å²) >= 11 is 1.76. The van der Waals surface area contributed by atoms with E-state index in [1.165, 1.54) is 10.5 Å². The maximum atomic E-state index is 6.08. The van der Waals surface area contributed by atoms with Crippen LogP contribution in [0.25, 0.3) is 22.3 Å². The van der Waals surface area contributed by atoms with Crippen LogP contribution in [0.3, 0.4) is 0 Å². The van der Waals surface area contributed by atoms with Crippen molar-refractivity contribution in [3.05, 3.63) is 54.1 Å². The van der Waals surface area contributed by atoms with E-state index >= 15 is 0 Å². The fourth-order valence-electron chi connectivity index (χ4n) is 3.69. The Morgan fingerprint density at radius 2 is 2.11 bits per heavy atom. The molecule has 3 heterocycles. The first kappa shape index (κ1) is 17.6. The third-order valence-electron chi connectivity index (χ3n) is 5.18. The van der Waals surface area contributed by atoms with Gasteiger partial charge in [-0.25, -0.2) is 0 Å². The molecule has 5 rings (SSSR count). The largest absolute Gasteiger partial charge is 0.456 e. The molecule has 0 unspecified atom stereocenters. The summed E-state index contributed by atoms with van der Waals surface area (Å²) in [6.45, 7) is 4.98. The second kappa shape index (κ2) is 7.47. The number of benzene rings is 2. The van der Waals surface area contributed by atoms with E-state index in [0.717, 1.165) is 72.2 Å². The predicted octanol–water partition coefficient (Wildman–Crippen LogP) is 5.81. The van der Waals surface area contributed by atoms with Gasteiger partial charge in [-0.3, -0.25) is 9.98 Å². The summed E-state index contributed by atoms with van der Waals surface area (Å²) in [7, 11) is 0. The van der Waals surface area contributed by atoms with Gasteiger partial charge in [-0.1, -0.05) is 49.4 Å². The van der Waals surface area contributed by atoms with Crippen molar-refractivity contribution in [2.45, 2.75) is 31.1 Å². The number of para-hydroxylation sites is 1. The van der Waals surface area contributed by atoms with Crippen LogP contribution in [-0.2, 0) is 0 Å². The number of rotatable bonds is 4. The molecule has 0 aliphatic carbocycles. The van der Waals surface area contributed by atoms with E-state index in [1.54, 1.807) is 11.8 Å². The Bertz CT molecular complexity index is 1050. The number of hydrogen-bond donors (Lipinski definition) is 0. The third kappa shape index (κ3) is 3.14. The Morgan fingerprint density at radius 1 is 1.18 bits per heavy atom. The van der Waals surface area contributed by atoms with Crippen molar-refractivity contribution >= 4 is 33.7 Å². The minimum absolute atomic E-state index is 0.876.